The predicted octanol–water partition coefficient (Wildman–Crippen LogP) is 6.08. The average Bonchev–Trinajstić information content (AvgIpc) is 2.93. The van der Waals surface area contributed by atoms with E-state index in [-0.39, 0.29) is 5.41 Å². The van der Waals surface area contributed by atoms with Gasteiger partial charge in [-0.2, -0.15) is 0 Å². The zero-order valence-electron chi connectivity index (χ0n) is 16.2. The van der Waals surface area contributed by atoms with Gasteiger partial charge in [0, 0.05) is 5.92 Å². The van der Waals surface area contributed by atoms with Gasteiger partial charge >= 0.3 is 0 Å². The van der Waals surface area contributed by atoms with Gasteiger partial charge in [0.1, 0.15) is 5.78 Å². The Hall–Kier alpha value is -1.11. The van der Waals surface area contributed by atoms with Gasteiger partial charge in [0.15, 0.2) is 0 Å². The third kappa shape index (κ3) is 2.65. The molecule has 5 unspecified atom stereocenters. The van der Waals surface area contributed by atoms with Crippen molar-refractivity contribution in [1.82, 2.24) is 0 Å². The quantitative estimate of drug-likeness (QED) is 0.611. The summed E-state index contributed by atoms with van der Waals surface area (Å²) in [7, 11) is 0. The molecule has 24 heavy (non-hydrogen) atoms. The minimum atomic E-state index is 0.287. The van der Waals surface area contributed by atoms with Gasteiger partial charge in [-0.15, -0.1) is 0 Å². The first-order valence-electron chi connectivity index (χ1n) is 10.1. The summed E-state index contributed by atoms with van der Waals surface area (Å²) in [6, 6.07) is 7.11. The van der Waals surface area contributed by atoms with Crippen LogP contribution in [0.2, 0.25) is 0 Å². The summed E-state index contributed by atoms with van der Waals surface area (Å²) in [6.07, 6.45) is 7.54. The Bertz CT molecular complexity index is 616. The highest BCUT2D eigenvalue weighted by Gasteiger charge is 2.55. The maximum atomic E-state index is 12.1. The summed E-state index contributed by atoms with van der Waals surface area (Å²) in [5, 5.41) is 0. The standard InChI is InChI=1S/C21H28O.C2H6/c1-13-4-6-16-15(12-13)5-7-18-17(16)10-11-21(3)19(14(2)22)8-9-20(18)21;1-2/h4,6,12,17-20H,5,7-11H2,1-3H3;1-2H3. The van der Waals surface area contributed by atoms with Gasteiger partial charge in [0.2, 0.25) is 0 Å². The number of Topliss-reactive ketones (excluding diaryl/α,β-unsaturated/α-hetero) is 1. The summed E-state index contributed by atoms with van der Waals surface area (Å²) >= 11 is 0. The number of fused-ring (bicyclic) bond motifs is 5. The molecule has 0 N–H and O–H groups in total. The molecule has 2 fully saturated rings. The van der Waals surface area contributed by atoms with E-state index in [1.807, 2.05) is 20.8 Å². The number of hydrogen-bond donors (Lipinski definition) is 0. The molecule has 1 heteroatoms. The van der Waals surface area contributed by atoms with Crippen LogP contribution in [0.5, 0.6) is 0 Å². The fourth-order valence-electron chi connectivity index (χ4n) is 6.38. The lowest BCUT2D eigenvalue weighted by Crippen LogP contribution is -2.43. The van der Waals surface area contributed by atoms with Crippen molar-refractivity contribution in [2.45, 2.75) is 79.1 Å². The topological polar surface area (TPSA) is 17.1 Å². The number of ketones is 1. The molecule has 132 valence electrons. The molecular weight excluding hydrogens is 292 g/mol. The van der Waals surface area contributed by atoms with Crippen molar-refractivity contribution < 1.29 is 4.79 Å². The van der Waals surface area contributed by atoms with Crippen LogP contribution in [0.15, 0.2) is 18.2 Å². The fourth-order valence-corrected chi connectivity index (χ4v) is 6.38. The number of carbonyl (C=O) groups is 1. The van der Waals surface area contributed by atoms with E-state index < -0.39 is 0 Å². The van der Waals surface area contributed by atoms with E-state index >= 15 is 0 Å². The van der Waals surface area contributed by atoms with E-state index in [2.05, 4.69) is 32.0 Å². The third-order valence-corrected chi connectivity index (χ3v) is 7.37. The van der Waals surface area contributed by atoms with Crippen LogP contribution >= 0.6 is 0 Å². The SMILES string of the molecule is CC.CC(=O)C1CCC2C3CCc4cc(C)ccc4C3CCC12C. The molecule has 1 nitrogen and oxygen atoms in total. The fraction of sp³-hybridized carbons (Fsp3) is 0.696. The van der Waals surface area contributed by atoms with E-state index in [4.69, 9.17) is 0 Å². The predicted molar refractivity (Wildman–Crippen MR) is 101 cm³/mol. The molecule has 1 aromatic carbocycles. The number of benzene rings is 1. The molecule has 4 rings (SSSR count). The van der Waals surface area contributed by atoms with Crippen LogP contribution in [0.25, 0.3) is 0 Å². The molecule has 0 bridgehead atoms. The van der Waals surface area contributed by atoms with E-state index in [0.29, 0.717) is 11.7 Å². The van der Waals surface area contributed by atoms with Crippen molar-refractivity contribution in [3.05, 3.63) is 34.9 Å². The highest BCUT2D eigenvalue weighted by Crippen LogP contribution is 2.63. The van der Waals surface area contributed by atoms with Crippen LogP contribution < -0.4 is 0 Å². The molecular formula is C23H34O. The largest absolute Gasteiger partial charge is 0.300 e. The second kappa shape index (κ2) is 6.65. The van der Waals surface area contributed by atoms with Crippen molar-refractivity contribution in [1.29, 1.82) is 0 Å². The first-order chi connectivity index (χ1) is 11.5. The molecule has 0 aliphatic heterocycles. The zero-order chi connectivity index (χ0) is 17.5. The second-order valence-corrected chi connectivity index (χ2v) is 8.40. The smallest absolute Gasteiger partial charge is 0.133 e. The second-order valence-electron chi connectivity index (χ2n) is 8.40. The van der Waals surface area contributed by atoms with Gasteiger partial charge in [-0.05, 0) is 86.7 Å². The van der Waals surface area contributed by atoms with Gasteiger partial charge in [0.05, 0.1) is 0 Å². The van der Waals surface area contributed by atoms with Crippen LogP contribution in [0.3, 0.4) is 0 Å². The number of aryl methyl sites for hydroxylation is 2. The Kier molecular flexibility index (Phi) is 4.91. The Morgan fingerprint density at radius 2 is 1.88 bits per heavy atom. The summed E-state index contributed by atoms with van der Waals surface area (Å²) in [5.41, 5.74) is 4.92. The number of carbonyl (C=O) groups excluding carboxylic acids is 1. The molecule has 5 atom stereocenters. The summed E-state index contributed by atoms with van der Waals surface area (Å²) in [6.45, 7) is 10.5. The van der Waals surface area contributed by atoms with E-state index in [1.165, 1.54) is 37.7 Å². The molecule has 3 aliphatic rings. The van der Waals surface area contributed by atoms with Crippen molar-refractivity contribution in [2.75, 3.05) is 0 Å². The summed E-state index contributed by atoms with van der Waals surface area (Å²) in [4.78, 5) is 12.1. The van der Waals surface area contributed by atoms with Gasteiger partial charge < -0.3 is 0 Å². The Morgan fingerprint density at radius 1 is 1.12 bits per heavy atom. The van der Waals surface area contributed by atoms with Crippen LogP contribution in [-0.4, -0.2) is 5.78 Å². The van der Waals surface area contributed by atoms with Gasteiger partial charge in [-0.3, -0.25) is 4.79 Å². The van der Waals surface area contributed by atoms with Crippen LogP contribution in [-0.2, 0) is 11.2 Å². The molecule has 1 aromatic rings. The molecule has 0 amide bonds. The number of rotatable bonds is 1. The normalized spacial score (nSPS) is 36.7. The van der Waals surface area contributed by atoms with E-state index in [9.17, 15) is 4.79 Å². The van der Waals surface area contributed by atoms with Crippen molar-refractivity contribution in [2.24, 2.45) is 23.2 Å². The highest BCUT2D eigenvalue weighted by molar-refractivity contribution is 5.79. The van der Waals surface area contributed by atoms with Gasteiger partial charge in [-0.1, -0.05) is 44.5 Å². The van der Waals surface area contributed by atoms with E-state index in [1.54, 1.807) is 11.1 Å². The maximum absolute atomic E-state index is 12.1. The molecule has 3 aliphatic carbocycles. The minimum Gasteiger partial charge on any atom is -0.300 e. The molecule has 0 heterocycles. The first kappa shape index (κ1) is 17.7. The van der Waals surface area contributed by atoms with E-state index in [0.717, 1.165) is 24.2 Å². The van der Waals surface area contributed by atoms with Crippen molar-refractivity contribution in [3.8, 4) is 0 Å². The van der Waals surface area contributed by atoms with Crippen molar-refractivity contribution >= 4 is 5.78 Å². The zero-order valence-corrected chi connectivity index (χ0v) is 16.2. The molecule has 0 aromatic heterocycles. The number of hydrogen-bond acceptors (Lipinski definition) is 1. The lowest BCUT2D eigenvalue weighted by molar-refractivity contribution is -0.125. The van der Waals surface area contributed by atoms with Crippen LogP contribution in [0.4, 0.5) is 0 Å². The first-order valence-corrected chi connectivity index (χ1v) is 10.1. The summed E-state index contributed by atoms with van der Waals surface area (Å²) < 4.78 is 0. The Morgan fingerprint density at radius 3 is 2.58 bits per heavy atom. The maximum Gasteiger partial charge on any atom is 0.133 e. The highest BCUT2D eigenvalue weighted by atomic mass is 16.1. The Labute approximate surface area is 148 Å². The molecule has 0 spiro atoms. The third-order valence-electron chi connectivity index (χ3n) is 7.37. The molecule has 0 radical (unpaired) electrons. The van der Waals surface area contributed by atoms with Crippen molar-refractivity contribution in [3.63, 3.8) is 0 Å². The van der Waals surface area contributed by atoms with Crippen LogP contribution in [0.1, 0.15) is 82.4 Å². The lowest BCUT2D eigenvalue weighted by atomic mass is 9.54. The monoisotopic (exact) mass is 326 g/mol. The van der Waals surface area contributed by atoms with Crippen LogP contribution in [0, 0.1) is 30.1 Å². The molecule has 2 saturated carbocycles. The van der Waals surface area contributed by atoms with Gasteiger partial charge in [0.25, 0.3) is 0 Å². The molecule has 0 saturated heterocycles. The lowest BCUT2D eigenvalue weighted by Gasteiger charge is -2.50. The summed E-state index contributed by atoms with van der Waals surface area (Å²) in [5.74, 6) is 3.12. The Balaban J connectivity index is 0.000000815. The minimum absolute atomic E-state index is 0.287. The average molecular weight is 327 g/mol. The van der Waals surface area contributed by atoms with Gasteiger partial charge in [-0.25, -0.2) is 0 Å².